The first-order chi connectivity index (χ1) is 20.8. The Balaban J connectivity index is 1.51. The number of nitrogens with zero attached hydrogens (tertiary/aromatic N) is 2. The first-order valence-electron chi connectivity index (χ1n) is 13.6. The van der Waals surface area contributed by atoms with Crippen molar-refractivity contribution in [3.63, 3.8) is 0 Å². The second-order valence-corrected chi connectivity index (χ2v) is 11.4. The molecule has 1 unspecified atom stereocenters. The minimum atomic E-state index is -0.738. The van der Waals surface area contributed by atoms with E-state index in [4.69, 9.17) is 30.5 Å². The molecule has 8 nitrogen and oxygen atoms in total. The first-order valence-corrected chi connectivity index (χ1v) is 14.8. The molecule has 1 atom stereocenters. The molecule has 0 fully saturated rings. The third-order valence-corrected chi connectivity index (χ3v) is 8.18. The summed E-state index contributed by atoms with van der Waals surface area (Å²) < 4.78 is 24.1. The van der Waals surface area contributed by atoms with Gasteiger partial charge in [0.05, 0.1) is 35.6 Å². The van der Waals surface area contributed by atoms with Gasteiger partial charge < -0.3 is 18.9 Å². The third-order valence-electron chi connectivity index (χ3n) is 6.95. The number of rotatable bonds is 10. The van der Waals surface area contributed by atoms with Crippen LogP contribution in [0.25, 0.3) is 6.08 Å². The highest BCUT2D eigenvalue weighted by atomic mass is 35.5. The maximum atomic E-state index is 13.9. The molecule has 1 aromatic heterocycles. The molecule has 0 spiro atoms. The highest BCUT2D eigenvalue weighted by Gasteiger charge is 2.33. The fourth-order valence-electron chi connectivity index (χ4n) is 4.73. The zero-order valence-electron chi connectivity index (χ0n) is 24.3. The summed E-state index contributed by atoms with van der Waals surface area (Å²) in [7, 11) is 3.11. The smallest absolute Gasteiger partial charge is 0.338 e. The molecule has 3 aromatic carbocycles. The minimum Gasteiger partial charge on any atom is -0.493 e. The Morgan fingerprint density at radius 3 is 2.44 bits per heavy atom. The van der Waals surface area contributed by atoms with Gasteiger partial charge in [-0.1, -0.05) is 71.0 Å². The lowest BCUT2D eigenvalue weighted by Crippen LogP contribution is -2.40. The molecule has 0 saturated carbocycles. The average Bonchev–Trinajstić information content (AvgIpc) is 3.30. The van der Waals surface area contributed by atoms with Gasteiger partial charge in [0.15, 0.2) is 16.3 Å². The number of carbonyl (C=O) groups excluding carboxylic acids is 1. The average molecular weight is 619 g/mol. The van der Waals surface area contributed by atoms with Crippen molar-refractivity contribution in [2.24, 2.45) is 4.99 Å². The molecule has 43 heavy (non-hydrogen) atoms. The molecule has 0 bridgehead atoms. The summed E-state index contributed by atoms with van der Waals surface area (Å²) >= 11 is 7.40. The number of methoxy groups -OCH3 is 2. The highest BCUT2D eigenvalue weighted by molar-refractivity contribution is 7.07. The summed E-state index contributed by atoms with van der Waals surface area (Å²) in [5, 5.41) is 0.543. The molecule has 0 radical (unpaired) electrons. The Kier molecular flexibility index (Phi) is 9.45. The van der Waals surface area contributed by atoms with Crippen molar-refractivity contribution in [1.82, 2.24) is 4.57 Å². The van der Waals surface area contributed by atoms with Crippen LogP contribution in [0.3, 0.4) is 0 Å². The quantitative estimate of drug-likeness (QED) is 0.184. The van der Waals surface area contributed by atoms with E-state index in [-0.39, 0.29) is 24.3 Å². The van der Waals surface area contributed by atoms with E-state index in [2.05, 4.69) is 4.99 Å². The van der Waals surface area contributed by atoms with Gasteiger partial charge in [0.25, 0.3) is 5.56 Å². The molecule has 10 heteroatoms. The van der Waals surface area contributed by atoms with Crippen LogP contribution in [0.15, 0.2) is 87.8 Å². The van der Waals surface area contributed by atoms with Crippen LogP contribution < -0.4 is 24.4 Å². The van der Waals surface area contributed by atoms with Crippen LogP contribution in [0.1, 0.15) is 35.2 Å². The lowest BCUT2D eigenvalue weighted by Gasteiger charge is -2.24. The van der Waals surface area contributed by atoms with Crippen molar-refractivity contribution >= 4 is 35.0 Å². The zero-order chi connectivity index (χ0) is 30.5. The summed E-state index contributed by atoms with van der Waals surface area (Å²) in [4.78, 5) is 32.3. The van der Waals surface area contributed by atoms with E-state index < -0.39 is 12.0 Å². The predicted molar refractivity (Wildman–Crippen MR) is 167 cm³/mol. The van der Waals surface area contributed by atoms with Gasteiger partial charge in [0.2, 0.25) is 0 Å². The second kappa shape index (κ2) is 13.4. The van der Waals surface area contributed by atoms with Crippen LogP contribution in [0.2, 0.25) is 5.02 Å². The van der Waals surface area contributed by atoms with Crippen molar-refractivity contribution in [1.29, 1.82) is 0 Å². The number of hydrogen-bond donors (Lipinski definition) is 0. The number of esters is 1. The van der Waals surface area contributed by atoms with Crippen LogP contribution in [-0.2, 0) is 20.9 Å². The summed E-state index contributed by atoms with van der Waals surface area (Å²) in [5.41, 5.74) is 4.18. The molecule has 222 valence electrons. The molecule has 2 heterocycles. The standard InChI is InChI=1S/C33H31ClN2O6S/c1-20-5-7-22(8-6-20)19-42-26-14-9-23(17-27(26)40-4)18-28-31(37)36-30(24-10-12-25(34)13-11-24)29(21(2)35-33(36)43-28)32(38)41-16-15-39-3/h5-14,17-18,30H,15-16,19H2,1-4H3. The van der Waals surface area contributed by atoms with Crippen LogP contribution >= 0.6 is 22.9 Å². The van der Waals surface area contributed by atoms with Gasteiger partial charge in [-0.05, 0) is 60.9 Å². The monoisotopic (exact) mass is 618 g/mol. The van der Waals surface area contributed by atoms with Gasteiger partial charge in [-0.2, -0.15) is 0 Å². The summed E-state index contributed by atoms with van der Waals surface area (Å²) in [5.74, 6) is 0.583. The lowest BCUT2D eigenvalue weighted by molar-refractivity contribution is -0.140. The zero-order valence-corrected chi connectivity index (χ0v) is 25.8. The number of carbonyl (C=O) groups is 1. The maximum absolute atomic E-state index is 13.9. The van der Waals surface area contributed by atoms with Gasteiger partial charge in [0, 0.05) is 12.1 Å². The van der Waals surface area contributed by atoms with Crippen molar-refractivity contribution in [2.75, 3.05) is 27.4 Å². The van der Waals surface area contributed by atoms with Crippen molar-refractivity contribution in [3.8, 4) is 11.5 Å². The van der Waals surface area contributed by atoms with E-state index in [0.717, 1.165) is 11.1 Å². The van der Waals surface area contributed by atoms with Gasteiger partial charge >= 0.3 is 5.97 Å². The number of fused-ring (bicyclic) bond motifs is 1. The fourth-order valence-corrected chi connectivity index (χ4v) is 5.90. The molecular formula is C33H31ClN2O6S. The number of ether oxygens (including phenoxy) is 4. The van der Waals surface area contributed by atoms with Crippen molar-refractivity contribution < 1.29 is 23.7 Å². The topological polar surface area (TPSA) is 88.4 Å². The molecule has 0 saturated heterocycles. The van der Waals surface area contributed by atoms with E-state index in [1.807, 2.05) is 49.4 Å². The van der Waals surface area contributed by atoms with Crippen molar-refractivity contribution in [2.45, 2.75) is 26.5 Å². The Hall–Kier alpha value is -4.18. The largest absolute Gasteiger partial charge is 0.493 e. The fraction of sp³-hybridized carbons (Fsp3) is 0.242. The van der Waals surface area contributed by atoms with E-state index in [0.29, 0.717) is 43.7 Å². The second-order valence-electron chi connectivity index (χ2n) is 9.95. The number of thiazole rings is 1. The molecular weight excluding hydrogens is 588 g/mol. The van der Waals surface area contributed by atoms with E-state index in [9.17, 15) is 9.59 Å². The first kappa shape index (κ1) is 30.3. The SMILES string of the molecule is COCCOC(=O)C1=C(C)N=c2sc(=Cc3ccc(OCc4ccc(C)cc4)c(OC)c3)c(=O)n2C1c1ccc(Cl)cc1. The Morgan fingerprint density at radius 1 is 1.00 bits per heavy atom. The number of halogens is 1. The van der Waals surface area contributed by atoms with Gasteiger partial charge in [-0.15, -0.1) is 0 Å². The molecule has 1 aliphatic rings. The number of allylic oxidation sites excluding steroid dienone is 1. The molecule has 4 aromatic rings. The third kappa shape index (κ3) is 6.74. The maximum Gasteiger partial charge on any atom is 0.338 e. The molecule has 0 amide bonds. The lowest BCUT2D eigenvalue weighted by atomic mass is 9.96. The van der Waals surface area contributed by atoms with Crippen LogP contribution in [0, 0.1) is 6.92 Å². The molecule has 0 N–H and O–H groups in total. The number of aromatic nitrogens is 1. The van der Waals surface area contributed by atoms with E-state index in [1.165, 1.54) is 28.6 Å². The molecule has 1 aliphatic heterocycles. The van der Waals surface area contributed by atoms with Gasteiger partial charge in [0.1, 0.15) is 13.2 Å². The molecule has 0 aliphatic carbocycles. The molecule has 5 rings (SSSR count). The van der Waals surface area contributed by atoms with Crippen LogP contribution in [0.4, 0.5) is 0 Å². The van der Waals surface area contributed by atoms with Crippen molar-refractivity contribution in [3.05, 3.63) is 125 Å². The number of aryl methyl sites for hydroxylation is 1. The van der Waals surface area contributed by atoms with Crippen LogP contribution in [-0.4, -0.2) is 38.0 Å². The Labute approximate surface area is 258 Å². The van der Waals surface area contributed by atoms with Crippen LogP contribution in [0.5, 0.6) is 11.5 Å². The summed E-state index contributed by atoms with van der Waals surface area (Å²) in [6.07, 6.45) is 1.78. The Bertz CT molecular complexity index is 1840. The normalized spacial score (nSPS) is 14.7. The highest BCUT2D eigenvalue weighted by Crippen LogP contribution is 2.32. The summed E-state index contributed by atoms with van der Waals surface area (Å²) in [6, 6.07) is 20.0. The minimum absolute atomic E-state index is 0.0798. The summed E-state index contributed by atoms with van der Waals surface area (Å²) in [6.45, 7) is 4.51. The Morgan fingerprint density at radius 2 is 1.74 bits per heavy atom. The van der Waals surface area contributed by atoms with Gasteiger partial charge in [-0.3, -0.25) is 9.36 Å². The number of benzene rings is 3. The predicted octanol–water partition coefficient (Wildman–Crippen LogP) is 4.97. The van der Waals surface area contributed by atoms with E-state index in [1.54, 1.807) is 44.4 Å². The van der Waals surface area contributed by atoms with E-state index >= 15 is 0 Å². The van der Waals surface area contributed by atoms with Gasteiger partial charge in [-0.25, -0.2) is 9.79 Å². The number of hydrogen-bond acceptors (Lipinski definition) is 8.